The zero-order valence-corrected chi connectivity index (χ0v) is 33.5. The van der Waals surface area contributed by atoms with Gasteiger partial charge in [-0.15, -0.1) is 0 Å². The molecule has 0 aliphatic carbocycles. The van der Waals surface area contributed by atoms with E-state index in [4.69, 9.17) is 0 Å². The molecule has 2 nitrogen and oxygen atoms in total. The van der Waals surface area contributed by atoms with Crippen molar-refractivity contribution < 1.29 is 0 Å². The molecular formula is C54H52N2. The van der Waals surface area contributed by atoms with Gasteiger partial charge in [-0.3, -0.25) is 0 Å². The van der Waals surface area contributed by atoms with Crippen molar-refractivity contribution in [1.82, 2.24) is 4.57 Å². The quantitative estimate of drug-likeness (QED) is 0.159. The van der Waals surface area contributed by atoms with E-state index >= 15 is 0 Å². The number of fused-ring (bicyclic) bond motifs is 3. The van der Waals surface area contributed by atoms with Gasteiger partial charge in [0.2, 0.25) is 0 Å². The van der Waals surface area contributed by atoms with Gasteiger partial charge in [0.05, 0.1) is 11.0 Å². The minimum Gasteiger partial charge on any atom is -0.311 e. The summed E-state index contributed by atoms with van der Waals surface area (Å²) in [4.78, 5) is 2.34. The third-order valence-corrected chi connectivity index (χ3v) is 9.61. The zero-order chi connectivity index (χ0) is 39.3. The van der Waals surface area contributed by atoms with Gasteiger partial charge >= 0.3 is 0 Å². The van der Waals surface area contributed by atoms with E-state index in [0.717, 1.165) is 17.1 Å². The number of nitrogens with zero attached hydrogens (tertiary/aromatic N) is 2. The van der Waals surface area contributed by atoms with Gasteiger partial charge in [0.1, 0.15) is 0 Å². The molecule has 0 fully saturated rings. The molecule has 0 aliphatic heterocycles. The molecule has 9 rings (SSSR count). The second kappa shape index (κ2) is 19.1. The standard InChI is InChI=1S/C48H34N2.3C2H6/c1-4-12-35(13-5-1)37-20-27-42(28-21-37)49(43-29-22-38(23-30-43)36-14-6-2-7-15-36)44-31-24-39(25-32-44)40-26-33-48-46(34-40)45-18-10-11-19-47(45)50(48)41-16-8-3-9-17-41;3*1-2/h1-34H;3*1-2H3. The van der Waals surface area contributed by atoms with Crippen LogP contribution in [0.3, 0.4) is 0 Å². The van der Waals surface area contributed by atoms with Crippen LogP contribution in [-0.2, 0) is 0 Å². The molecule has 1 aromatic heterocycles. The lowest BCUT2D eigenvalue weighted by atomic mass is 10.0. The van der Waals surface area contributed by atoms with Gasteiger partial charge in [0.15, 0.2) is 0 Å². The molecule has 56 heavy (non-hydrogen) atoms. The van der Waals surface area contributed by atoms with Crippen molar-refractivity contribution >= 4 is 38.9 Å². The van der Waals surface area contributed by atoms with Gasteiger partial charge in [-0.1, -0.05) is 181 Å². The summed E-state index contributed by atoms with van der Waals surface area (Å²) in [6.45, 7) is 12.0. The second-order valence-electron chi connectivity index (χ2n) is 12.6. The van der Waals surface area contributed by atoms with Gasteiger partial charge in [0.25, 0.3) is 0 Å². The number of hydrogen-bond acceptors (Lipinski definition) is 1. The summed E-state index contributed by atoms with van der Waals surface area (Å²) in [5, 5.41) is 2.51. The maximum Gasteiger partial charge on any atom is 0.0541 e. The number of anilines is 3. The Morgan fingerprint density at radius 1 is 0.286 bits per heavy atom. The largest absolute Gasteiger partial charge is 0.311 e. The average Bonchev–Trinajstić information content (AvgIpc) is 3.64. The van der Waals surface area contributed by atoms with Crippen molar-refractivity contribution in [1.29, 1.82) is 0 Å². The summed E-state index contributed by atoms with van der Waals surface area (Å²) >= 11 is 0. The first-order valence-electron chi connectivity index (χ1n) is 20.1. The minimum absolute atomic E-state index is 1.11. The highest BCUT2D eigenvalue weighted by atomic mass is 15.1. The average molecular weight is 729 g/mol. The summed E-state index contributed by atoms with van der Waals surface area (Å²) in [5.41, 5.74) is 14.1. The van der Waals surface area contributed by atoms with Crippen LogP contribution in [-0.4, -0.2) is 4.57 Å². The van der Waals surface area contributed by atoms with Crippen LogP contribution in [0, 0.1) is 0 Å². The summed E-state index contributed by atoms with van der Waals surface area (Å²) in [7, 11) is 0. The molecule has 9 aromatic rings. The Bertz CT molecular complexity index is 2450. The van der Waals surface area contributed by atoms with E-state index in [1.807, 2.05) is 41.5 Å². The molecule has 0 unspecified atom stereocenters. The van der Waals surface area contributed by atoms with Crippen molar-refractivity contribution in [3.8, 4) is 39.1 Å². The van der Waals surface area contributed by atoms with Crippen LogP contribution < -0.4 is 4.90 Å². The maximum atomic E-state index is 2.36. The Balaban J connectivity index is 0.000000847. The van der Waals surface area contributed by atoms with Crippen LogP contribution in [0.2, 0.25) is 0 Å². The number of benzene rings is 8. The van der Waals surface area contributed by atoms with Crippen LogP contribution in [0.25, 0.3) is 60.9 Å². The van der Waals surface area contributed by atoms with E-state index in [9.17, 15) is 0 Å². The van der Waals surface area contributed by atoms with Crippen LogP contribution in [0.1, 0.15) is 41.5 Å². The molecule has 0 radical (unpaired) electrons. The Hall–Kier alpha value is -6.64. The van der Waals surface area contributed by atoms with Crippen molar-refractivity contribution in [2.75, 3.05) is 4.90 Å². The van der Waals surface area contributed by atoms with Crippen molar-refractivity contribution in [3.63, 3.8) is 0 Å². The molecule has 1 heterocycles. The molecule has 8 aromatic carbocycles. The van der Waals surface area contributed by atoms with Crippen molar-refractivity contribution in [3.05, 3.63) is 206 Å². The van der Waals surface area contributed by atoms with E-state index in [-0.39, 0.29) is 0 Å². The van der Waals surface area contributed by atoms with E-state index in [2.05, 4.69) is 216 Å². The number of aromatic nitrogens is 1. The Morgan fingerprint density at radius 2 is 0.625 bits per heavy atom. The van der Waals surface area contributed by atoms with Gasteiger partial charge in [-0.25, -0.2) is 0 Å². The second-order valence-corrected chi connectivity index (χ2v) is 12.6. The minimum atomic E-state index is 1.11. The highest BCUT2D eigenvalue weighted by molar-refractivity contribution is 6.10. The molecular weight excluding hydrogens is 677 g/mol. The fourth-order valence-corrected chi connectivity index (χ4v) is 7.12. The first-order chi connectivity index (χ1) is 27.8. The fourth-order valence-electron chi connectivity index (χ4n) is 7.12. The molecule has 0 spiro atoms. The summed E-state index contributed by atoms with van der Waals surface area (Å²) in [6.07, 6.45) is 0. The van der Waals surface area contributed by atoms with Crippen LogP contribution in [0.5, 0.6) is 0 Å². The predicted octanol–water partition coefficient (Wildman–Crippen LogP) is 16.3. The lowest BCUT2D eigenvalue weighted by Gasteiger charge is -2.26. The van der Waals surface area contributed by atoms with E-state index in [0.29, 0.717) is 0 Å². The first-order valence-corrected chi connectivity index (χ1v) is 20.1. The van der Waals surface area contributed by atoms with Crippen molar-refractivity contribution in [2.45, 2.75) is 41.5 Å². The molecule has 0 saturated heterocycles. The molecule has 0 saturated carbocycles. The molecule has 0 amide bonds. The molecule has 0 N–H and O–H groups in total. The smallest absolute Gasteiger partial charge is 0.0541 e. The SMILES string of the molecule is CC.CC.CC.c1ccc(-c2ccc(N(c3ccc(-c4ccccc4)cc3)c3ccc(-c4ccc5c(c4)c4ccccc4n5-c4ccccc4)cc3)cc2)cc1. The van der Waals surface area contributed by atoms with E-state index in [1.165, 1.54) is 60.9 Å². The summed E-state index contributed by atoms with van der Waals surface area (Å²) in [5.74, 6) is 0. The highest BCUT2D eigenvalue weighted by Crippen LogP contribution is 2.39. The molecule has 0 bridgehead atoms. The summed E-state index contributed by atoms with van der Waals surface area (Å²) in [6, 6.07) is 74.0. The fraction of sp³-hybridized carbons (Fsp3) is 0.111. The summed E-state index contributed by atoms with van der Waals surface area (Å²) < 4.78 is 2.36. The topological polar surface area (TPSA) is 8.17 Å². The van der Waals surface area contributed by atoms with Gasteiger partial charge in [-0.05, 0) is 100 Å². The number of hydrogen-bond donors (Lipinski definition) is 0. The lowest BCUT2D eigenvalue weighted by Crippen LogP contribution is -2.09. The third-order valence-electron chi connectivity index (χ3n) is 9.61. The van der Waals surface area contributed by atoms with Crippen molar-refractivity contribution in [2.24, 2.45) is 0 Å². The molecule has 0 atom stereocenters. The Kier molecular flexibility index (Phi) is 13.3. The number of para-hydroxylation sites is 2. The van der Waals surface area contributed by atoms with Crippen LogP contribution in [0.15, 0.2) is 206 Å². The molecule has 0 aliphatic rings. The van der Waals surface area contributed by atoms with Crippen LogP contribution >= 0.6 is 0 Å². The molecule has 278 valence electrons. The maximum absolute atomic E-state index is 2.36. The third kappa shape index (κ3) is 8.21. The Morgan fingerprint density at radius 3 is 1.09 bits per heavy atom. The van der Waals surface area contributed by atoms with E-state index in [1.54, 1.807) is 0 Å². The molecule has 2 heteroatoms. The monoisotopic (exact) mass is 728 g/mol. The van der Waals surface area contributed by atoms with Gasteiger partial charge < -0.3 is 9.47 Å². The van der Waals surface area contributed by atoms with Gasteiger partial charge in [-0.2, -0.15) is 0 Å². The van der Waals surface area contributed by atoms with Gasteiger partial charge in [0, 0.05) is 33.5 Å². The first kappa shape index (κ1) is 39.1. The predicted molar refractivity (Wildman–Crippen MR) is 246 cm³/mol. The lowest BCUT2D eigenvalue weighted by molar-refractivity contribution is 1.18. The Labute approximate surface area is 334 Å². The highest BCUT2D eigenvalue weighted by Gasteiger charge is 2.16. The zero-order valence-electron chi connectivity index (χ0n) is 33.5. The van der Waals surface area contributed by atoms with E-state index < -0.39 is 0 Å². The normalized spacial score (nSPS) is 10.3. The van der Waals surface area contributed by atoms with Crippen LogP contribution in [0.4, 0.5) is 17.1 Å². The number of rotatable bonds is 7.